The molecule has 5 heteroatoms. The Morgan fingerprint density at radius 3 is 2.57 bits per heavy atom. The Morgan fingerprint density at radius 1 is 1.13 bits per heavy atom. The fraction of sp³-hybridized carbons (Fsp3) is 0.444. The Morgan fingerprint density at radius 2 is 1.91 bits per heavy atom. The van der Waals surface area contributed by atoms with Gasteiger partial charge >= 0.3 is 0 Å². The van der Waals surface area contributed by atoms with E-state index >= 15 is 0 Å². The number of rotatable bonds is 10. The molecule has 0 aliphatic rings. The molecule has 0 bridgehead atoms. The summed E-state index contributed by atoms with van der Waals surface area (Å²) >= 11 is 1.67. The van der Waals surface area contributed by atoms with Crippen LogP contribution in [-0.2, 0) is 11.3 Å². The Bertz CT molecular complexity index is 531. The average Bonchev–Trinajstić information content (AvgIpc) is 3.05. The van der Waals surface area contributed by atoms with Gasteiger partial charge in [-0.15, -0.1) is 11.3 Å². The number of hydrogen-bond donors (Lipinski definition) is 2. The molecule has 0 aliphatic carbocycles. The van der Waals surface area contributed by atoms with Crippen molar-refractivity contribution >= 4 is 11.3 Å². The largest absolute Gasteiger partial charge is 0.389 e. The first kappa shape index (κ1) is 18.1. The van der Waals surface area contributed by atoms with Crippen LogP contribution in [-0.4, -0.2) is 49.9 Å². The highest BCUT2D eigenvalue weighted by Crippen LogP contribution is 2.16. The van der Waals surface area contributed by atoms with Crippen molar-refractivity contribution in [1.29, 1.82) is 0 Å². The lowest BCUT2D eigenvalue weighted by Crippen LogP contribution is -2.36. The highest BCUT2D eigenvalue weighted by Gasteiger charge is 2.14. The summed E-state index contributed by atoms with van der Waals surface area (Å²) in [6, 6.07) is 14.7. The highest BCUT2D eigenvalue weighted by atomic mass is 32.1. The van der Waals surface area contributed by atoms with Gasteiger partial charge in [0.15, 0.2) is 0 Å². The van der Waals surface area contributed by atoms with Gasteiger partial charge in [-0.3, -0.25) is 0 Å². The maximum absolute atomic E-state index is 10.0. The van der Waals surface area contributed by atoms with Crippen molar-refractivity contribution in [3.05, 3.63) is 58.3 Å². The van der Waals surface area contributed by atoms with Gasteiger partial charge in [0.05, 0.1) is 19.3 Å². The lowest BCUT2D eigenvalue weighted by atomic mass is 10.1. The summed E-state index contributed by atoms with van der Waals surface area (Å²) in [5, 5.41) is 15.4. The van der Waals surface area contributed by atoms with E-state index < -0.39 is 6.10 Å². The third kappa shape index (κ3) is 6.41. The Hall–Kier alpha value is -1.24. The van der Waals surface area contributed by atoms with Gasteiger partial charge < -0.3 is 20.1 Å². The molecular weight excluding hydrogens is 308 g/mol. The second-order valence-electron chi connectivity index (χ2n) is 5.80. The van der Waals surface area contributed by atoms with Crippen molar-refractivity contribution in [2.24, 2.45) is 0 Å². The van der Waals surface area contributed by atoms with E-state index in [4.69, 9.17) is 4.74 Å². The molecule has 0 fully saturated rings. The fourth-order valence-electron chi connectivity index (χ4n) is 2.41. The van der Waals surface area contributed by atoms with Gasteiger partial charge in [0.1, 0.15) is 0 Å². The lowest BCUT2D eigenvalue weighted by molar-refractivity contribution is 0.0292. The van der Waals surface area contributed by atoms with Crippen LogP contribution in [0.1, 0.15) is 16.5 Å². The molecule has 0 saturated carbocycles. The van der Waals surface area contributed by atoms with Gasteiger partial charge in [-0.25, -0.2) is 0 Å². The standard InChI is InChI=1S/C18H26N2O2S/c1-20(2)18(15-7-4-3-5-8-15)12-19-11-16(21)13-22-14-17-9-6-10-23-17/h3-10,16,18-19,21H,11-14H2,1-2H3. The first-order valence-electron chi connectivity index (χ1n) is 7.87. The molecule has 0 amide bonds. The van der Waals surface area contributed by atoms with Crippen LogP contribution in [0.15, 0.2) is 47.8 Å². The minimum Gasteiger partial charge on any atom is -0.389 e. The molecule has 2 rings (SSSR count). The van der Waals surface area contributed by atoms with E-state index in [9.17, 15) is 5.11 Å². The van der Waals surface area contributed by atoms with Crippen LogP contribution in [0.25, 0.3) is 0 Å². The molecule has 2 atom stereocenters. The van der Waals surface area contributed by atoms with E-state index in [0.29, 0.717) is 19.8 Å². The number of nitrogens with one attached hydrogen (secondary N) is 1. The van der Waals surface area contributed by atoms with E-state index in [1.54, 1.807) is 11.3 Å². The van der Waals surface area contributed by atoms with Crippen LogP contribution in [0.3, 0.4) is 0 Å². The topological polar surface area (TPSA) is 44.7 Å². The smallest absolute Gasteiger partial charge is 0.0897 e. The van der Waals surface area contributed by atoms with Crippen LogP contribution in [0, 0.1) is 0 Å². The first-order chi connectivity index (χ1) is 11.2. The molecule has 126 valence electrons. The SMILES string of the molecule is CN(C)C(CNCC(O)COCc1cccs1)c1ccccc1. The monoisotopic (exact) mass is 334 g/mol. The normalized spacial score (nSPS) is 14.1. The van der Waals surface area contributed by atoms with Crippen molar-refractivity contribution in [3.8, 4) is 0 Å². The van der Waals surface area contributed by atoms with Crippen molar-refractivity contribution in [2.45, 2.75) is 18.8 Å². The minimum atomic E-state index is -0.492. The first-order valence-corrected chi connectivity index (χ1v) is 8.75. The number of aliphatic hydroxyl groups is 1. The average molecular weight is 334 g/mol. The summed E-state index contributed by atoms with van der Waals surface area (Å²) < 4.78 is 5.54. The van der Waals surface area contributed by atoms with Crippen molar-refractivity contribution in [2.75, 3.05) is 33.8 Å². The van der Waals surface area contributed by atoms with Crippen molar-refractivity contribution in [1.82, 2.24) is 10.2 Å². The van der Waals surface area contributed by atoms with Gasteiger partial charge in [-0.1, -0.05) is 36.4 Å². The second kappa shape index (κ2) is 9.80. The number of thiophene rings is 1. The number of hydrogen-bond acceptors (Lipinski definition) is 5. The quantitative estimate of drug-likeness (QED) is 0.701. The summed E-state index contributed by atoms with van der Waals surface area (Å²) in [5.41, 5.74) is 1.27. The molecule has 1 aromatic carbocycles. The van der Waals surface area contributed by atoms with Gasteiger partial charge in [0.25, 0.3) is 0 Å². The predicted octanol–water partition coefficient (Wildman–Crippen LogP) is 2.52. The van der Waals surface area contributed by atoms with Crippen LogP contribution in [0.4, 0.5) is 0 Å². The maximum Gasteiger partial charge on any atom is 0.0897 e. The molecule has 4 nitrogen and oxygen atoms in total. The van der Waals surface area contributed by atoms with Crippen LogP contribution in [0.5, 0.6) is 0 Å². The fourth-order valence-corrected chi connectivity index (χ4v) is 3.05. The Kier molecular flexibility index (Phi) is 7.71. The van der Waals surface area contributed by atoms with E-state index in [0.717, 1.165) is 6.54 Å². The third-order valence-electron chi connectivity index (χ3n) is 3.66. The molecule has 2 unspecified atom stereocenters. The summed E-state index contributed by atoms with van der Waals surface area (Å²) in [6.45, 7) is 2.24. The second-order valence-corrected chi connectivity index (χ2v) is 6.83. The number of ether oxygens (including phenoxy) is 1. The molecule has 1 heterocycles. The predicted molar refractivity (Wildman–Crippen MR) is 95.7 cm³/mol. The zero-order valence-electron chi connectivity index (χ0n) is 13.8. The van der Waals surface area contributed by atoms with Gasteiger partial charge in [0, 0.05) is 24.0 Å². The molecule has 0 saturated heterocycles. The van der Waals surface area contributed by atoms with Gasteiger partial charge in [0.2, 0.25) is 0 Å². The zero-order valence-corrected chi connectivity index (χ0v) is 14.6. The minimum absolute atomic E-state index is 0.287. The van der Waals surface area contributed by atoms with E-state index in [-0.39, 0.29) is 6.04 Å². The van der Waals surface area contributed by atoms with Crippen molar-refractivity contribution < 1.29 is 9.84 Å². The summed E-state index contributed by atoms with van der Waals surface area (Å²) in [5.74, 6) is 0. The number of likely N-dealkylation sites (N-methyl/N-ethyl adjacent to an activating group) is 1. The number of nitrogens with zero attached hydrogens (tertiary/aromatic N) is 1. The molecular formula is C18H26N2O2S. The maximum atomic E-state index is 10.0. The Balaban J connectivity index is 1.67. The zero-order chi connectivity index (χ0) is 16.5. The highest BCUT2D eigenvalue weighted by molar-refractivity contribution is 7.09. The van der Waals surface area contributed by atoms with Crippen LogP contribution in [0.2, 0.25) is 0 Å². The van der Waals surface area contributed by atoms with Crippen molar-refractivity contribution in [3.63, 3.8) is 0 Å². The van der Waals surface area contributed by atoms with Gasteiger partial charge in [-0.2, -0.15) is 0 Å². The molecule has 0 aliphatic heterocycles. The van der Waals surface area contributed by atoms with Crippen LogP contribution >= 0.6 is 11.3 Å². The molecule has 2 N–H and O–H groups in total. The summed E-state index contributed by atoms with van der Waals surface area (Å²) in [6.07, 6.45) is -0.492. The molecule has 2 aromatic rings. The lowest BCUT2D eigenvalue weighted by Gasteiger charge is -2.25. The Labute approximate surface area is 142 Å². The molecule has 1 aromatic heterocycles. The summed E-state index contributed by atoms with van der Waals surface area (Å²) in [7, 11) is 4.14. The number of benzene rings is 1. The number of aliphatic hydroxyl groups excluding tert-OH is 1. The molecule has 0 spiro atoms. The van der Waals surface area contributed by atoms with E-state index in [2.05, 4.69) is 48.6 Å². The molecule has 0 radical (unpaired) electrons. The molecule has 23 heavy (non-hydrogen) atoms. The van der Waals surface area contributed by atoms with E-state index in [1.165, 1.54) is 10.4 Å². The third-order valence-corrected chi connectivity index (χ3v) is 4.51. The van der Waals surface area contributed by atoms with Gasteiger partial charge in [-0.05, 0) is 31.1 Å². The van der Waals surface area contributed by atoms with Crippen LogP contribution < -0.4 is 5.32 Å². The summed E-state index contributed by atoms with van der Waals surface area (Å²) in [4.78, 5) is 3.36. The van der Waals surface area contributed by atoms with E-state index in [1.807, 2.05) is 23.6 Å².